The van der Waals surface area contributed by atoms with Crippen LogP contribution in [0, 0.1) is 0 Å². The van der Waals surface area contributed by atoms with E-state index in [-0.39, 0.29) is 11.2 Å². The summed E-state index contributed by atoms with van der Waals surface area (Å²) in [7, 11) is 0. The van der Waals surface area contributed by atoms with Crippen molar-refractivity contribution in [3.05, 3.63) is 21.9 Å². The van der Waals surface area contributed by atoms with Crippen LogP contribution in [0.4, 0.5) is 0 Å². The van der Waals surface area contributed by atoms with Crippen LogP contribution in [0.25, 0.3) is 0 Å². The predicted octanol–water partition coefficient (Wildman–Crippen LogP) is 1.99. The number of primary amides is 1. The molecule has 0 unspecified atom stereocenters. The Bertz CT molecular complexity index is 535. The van der Waals surface area contributed by atoms with Crippen molar-refractivity contribution >= 4 is 34.9 Å². The fourth-order valence-corrected chi connectivity index (χ4v) is 5.37. The zero-order valence-electron chi connectivity index (χ0n) is 11.2. The molecule has 2 aliphatic rings. The number of carbonyl (C=O) groups excluding carboxylic acids is 2. The van der Waals surface area contributed by atoms with Crippen molar-refractivity contribution in [3.8, 4) is 0 Å². The van der Waals surface area contributed by atoms with Gasteiger partial charge in [0.25, 0.3) is 0 Å². The van der Waals surface area contributed by atoms with E-state index in [0.717, 1.165) is 30.6 Å². The standard InChI is InChI=1S/C14H18N2O2S2/c15-13(18)14(5-1-2-6-14)16-12(17)11-9-3-7-19-10(9)4-8-20-11/h3,7,11H,1-2,4-6,8H2,(H2,15,18)(H,16,17)/t11-/m1/s1. The largest absolute Gasteiger partial charge is 0.368 e. The van der Waals surface area contributed by atoms with E-state index in [0.29, 0.717) is 12.8 Å². The van der Waals surface area contributed by atoms with Gasteiger partial charge in [-0.3, -0.25) is 9.59 Å². The molecule has 0 aromatic carbocycles. The van der Waals surface area contributed by atoms with Gasteiger partial charge in [-0.15, -0.1) is 23.1 Å². The number of rotatable bonds is 3. The molecule has 2 amide bonds. The van der Waals surface area contributed by atoms with E-state index >= 15 is 0 Å². The summed E-state index contributed by atoms with van der Waals surface area (Å²) >= 11 is 3.36. The number of thiophene rings is 1. The number of hydrogen-bond acceptors (Lipinski definition) is 4. The minimum Gasteiger partial charge on any atom is -0.368 e. The van der Waals surface area contributed by atoms with Crippen molar-refractivity contribution in [2.24, 2.45) is 5.73 Å². The molecule has 0 saturated heterocycles. The van der Waals surface area contributed by atoms with Gasteiger partial charge in [0, 0.05) is 4.88 Å². The summed E-state index contributed by atoms with van der Waals surface area (Å²) in [6.45, 7) is 0. The molecule has 4 nitrogen and oxygen atoms in total. The normalized spacial score (nSPS) is 24.1. The molecule has 1 saturated carbocycles. The molecule has 1 aromatic rings. The first-order valence-corrected chi connectivity index (χ1v) is 8.85. The molecule has 20 heavy (non-hydrogen) atoms. The lowest BCUT2D eigenvalue weighted by atomic mass is 9.96. The number of amides is 2. The van der Waals surface area contributed by atoms with Crippen LogP contribution >= 0.6 is 23.1 Å². The topological polar surface area (TPSA) is 72.2 Å². The van der Waals surface area contributed by atoms with Gasteiger partial charge in [0.2, 0.25) is 11.8 Å². The Hall–Kier alpha value is -1.01. The first kappa shape index (κ1) is 13.9. The second-order valence-electron chi connectivity index (χ2n) is 5.44. The molecule has 0 bridgehead atoms. The van der Waals surface area contributed by atoms with Crippen LogP contribution in [0.2, 0.25) is 0 Å². The maximum atomic E-state index is 12.6. The highest BCUT2D eigenvalue weighted by molar-refractivity contribution is 8.00. The maximum Gasteiger partial charge on any atom is 0.243 e. The van der Waals surface area contributed by atoms with Gasteiger partial charge < -0.3 is 11.1 Å². The minimum atomic E-state index is -0.814. The summed E-state index contributed by atoms with van der Waals surface area (Å²) in [6, 6.07) is 2.03. The number of nitrogens with one attached hydrogen (secondary N) is 1. The van der Waals surface area contributed by atoms with E-state index in [1.807, 2.05) is 11.4 Å². The van der Waals surface area contributed by atoms with Gasteiger partial charge in [-0.2, -0.15) is 0 Å². The van der Waals surface area contributed by atoms with Gasteiger partial charge in [-0.1, -0.05) is 12.8 Å². The summed E-state index contributed by atoms with van der Waals surface area (Å²) in [5.74, 6) is 0.500. The molecule has 1 atom stereocenters. The van der Waals surface area contributed by atoms with E-state index < -0.39 is 11.4 Å². The summed E-state index contributed by atoms with van der Waals surface area (Å²) < 4.78 is 0. The van der Waals surface area contributed by atoms with E-state index in [4.69, 9.17) is 5.73 Å². The Morgan fingerprint density at radius 2 is 2.10 bits per heavy atom. The van der Waals surface area contributed by atoms with Gasteiger partial charge in [-0.05, 0) is 42.0 Å². The molecular formula is C14H18N2O2S2. The molecule has 0 radical (unpaired) electrons. The fourth-order valence-electron chi connectivity index (χ4n) is 3.08. The molecule has 108 valence electrons. The molecule has 3 N–H and O–H groups in total. The number of aryl methyl sites for hydroxylation is 1. The Morgan fingerprint density at radius 1 is 1.35 bits per heavy atom. The van der Waals surface area contributed by atoms with Crippen molar-refractivity contribution in [3.63, 3.8) is 0 Å². The van der Waals surface area contributed by atoms with E-state index in [1.54, 1.807) is 23.1 Å². The third-order valence-electron chi connectivity index (χ3n) is 4.21. The molecule has 2 heterocycles. The van der Waals surface area contributed by atoms with Gasteiger partial charge in [-0.25, -0.2) is 0 Å². The van der Waals surface area contributed by atoms with Gasteiger partial charge in [0.15, 0.2) is 0 Å². The fraction of sp³-hybridized carbons (Fsp3) is 0.571. The first-order valence-electron chi connectivity index (χ1n) is 6.92. The molecule has 1 fully saturated rings. The van der Waals surface area contributed by atoms with Gasteiger partial charge in [0.05, 0.1) is 0 Å². The smallest absolute Gasteiger partial charge is 0.243 e. The third-order valence-corrected chi connectivity index (χ3v) is 6.44. The van der Waals surface area contributed by atoms with Gasteiger partial charge in [0.1, 0.15) is 10.8 Å². The monoisotopic (exact) mass is 310 g/mol. The van der Waals surface area contributed by atoms with Crippen LogP contribution in [-0.4, -0.2) is 23.1 Å². The van der Waals surface area contributed by atoms with Crippen molar-refractivity contribution in [1.82, 2.24) is 5.32 Å². The van der Waals surface area contributed by atoms with Crippen LogP contribution in [0.15, 0.2) is 11.4 Å². The lowest BCUT2D eigenvalue weighted by Crippen LogP contribution is -2.56. The summed E-state index contributed by atoms with van der Waals surface area (Å²) in [6.07, 6.45) is 4.27. The number of carbonyl (C=O) groups is 2. The maximum absolute atomic E-state index is 12.6. The minimum absolute atomic E-state index is 0.0601. The zero-order valence-corrected chi connectivity index (χ0v) is 12.8. The molecule has 6 heteroatoms. The second-order valence-corrected chi connectivity index (χ2v) is 7.66. The first-order chi connectivity index (χ1) is 9.62. The van der Waals surface area contributed by atoms with E-state index in [9.17, 15) is 9.59 Å². The molecule has 1 aliphatic carbocycles. The third kappa shape index (κ3) is 2.35. The number of thioether (sulfide) groups is 1. The molecule has 1 aromatic heterocycles. The SMILES string of the molecule is NC(=O)C1(NC(=O)[C@@H]2SCCc3sccc32)CCCC1. The highest BCUT2D eigenvalue weighted by Crippen LogP contribution is 2.40. The summed E-state index contributed by atoms with van der Waals surface area (Å²) in [5, 5.41) is 4.81. The molecule has 0 spiro atoms. The molecule has 1 aliphatic heterocycles. The Labute approximate surface area is 126 Å². The van der Waals surface area contributed by atoms with Crippen LogP contribution < -0.4 is 11.1 Å². The number of hydrogen-bond donors (Lipinski definition) is 2. The quantitative estimate of drug-likeness (QED) is 0.897. The van der Waals surface area contributed by atoms with Crippen molar-refractivity contribution < 1.29 is 9.59 Å². The Balaban J connectivity index is 1.79. The predicted molar refractivity (Wildman–Crippen MR) is 81.8 cm³/mol. The lowest BCUT2D eigenvalue weighted by molar-refractivity contribution is -0.131. The average molecular weight is 310 g/mol. The average Bonchev–Trinajstić information content (AvgIpc) is 3.06. The van der Waals surface area contributed by atoms with Crippen molar-refractivity contribution in [2.75, 3.05) is 5.75 Å². The number of fused-ring (bicyclic) bond motifs is 1. The summed E-state index contributed by atoms with van der Waals surface area (Å²) in [4.78, 5) is 25.6. The second kappa shape index (κ2) is 5.41. The zero-order chi connectivity index (χ0) is 14.2. The number of nitrogens with two attached hydrogens (primary N) is 1. The Kier molecular flexibility index (Phi) is 3.77. The van der Waals surface area contributed by atoms with Crippen LogP contribution in [0.1, 0.15) is 41.4 Å². The highest BCUT2D eigenvalue weighted by atomic mass is 32.2. The van der Waals surface area contributed by atoms with Crippen LogP contribution in [0.5, 0.6) is 0 Å². The van der Waals surface area contributed by atoms with Crippen LogP contribution in [0.3, 0.4) is 0 Å². The molecular weight excluding hydrogens is 292 g/mol. The van der Waals surface area contributed by atoms with Crippen LogP contribution in [-0.2, 0) is 16.0 Å². The van der Waals surface area contributed by atoms with Gasteiger partial charge >= 0.3 is 0 Å². The van der Waals surface area contributed by atoms with Crippen molar-refractivity contribution in [2.45, 2.75) is 42.9 Å². The summed E-state index contributed by atoms with van der Waals surface area (Å²) in [5.41, 5.74) is 5.82. The van der Waals surface area contributed by atoms with E-state index in [2.05, 4.69) is 5.32 Å². The van der Waals surface area contributed by atoms with Crippen molar-refractivity contribution in [1.29, 1.82) is 0 Å². The Morgan fingerprint density at radius 3 is 2.80 bits per heavy atom. The molecule has 3 rings (SSSR count). The van der Waals surface area contributed by atoms with E-state index in [1.165, 1.54) is 4.88 Å². The lowest BCUT2D eigenvalue weighted by Gasteiger charge is -2.30. The highest BCUT2D eigenvalue weighted by Gasteiger charge is 2.42.